The normalized spacial score (nSPS) is 10.9. The minimum Gasteiger partial charge on any atom is -0.278 e. The number of hydrogen-bond donors (Lipinski definition) is 0. The van der Waals surface area contributed by atoms with Crippen molar-refractivity contribution in [3.8, 4) is 0 Å². The van der Waals surface area contributed by atoms with E-state index < -0.39 is 3.12 Å². The van der Waals surface area contributed by atoms with Crippen LogP contribution in [0.15, 0.2) is 29.2 Å². The van der Waals surface area contributed by atoms with E-state index in [1.165, 1.54) is 0 Å². The van der Waals surface area contributed by atoms with Gasteiger partial charge in [-0.2, -0.15) is 0 Å². The molecule has 0 saturated heterocycles. The highest BCUT2D eigenvalue weighted by Gasteiger charge is 2.21. The molecule has 7 heteroatoms. The fourth-order valence-corrected chi connectivity index (χ4v) is 2.31. The highest BCUT2D eigenvalue weighted by molar-refractivity contribution is 8.04. The van der Waals surface area contributed by atoms with Gasteiger partial charge in [-0.05, 0) is 24.3 Å². The molecule has 1 rings (SSSR count). The van der Waals surface area contributed by atoms with Crippen LogP contribution < -0.4 is 4.90 Å². The molecule has 0 spiro atoms. The summed E-state index contributed by atoms with van der Waals surface area (Å²) < 4.78 is -1.43. The Kier molecular flexibility index (Phi) is 4.92. The first-order chi connectivity index (χ1) is 7.46. The molecule has 0 fully saturated rings. The molecule has 0 heterocycles. The van der Waals surface area contributed by atoms with Crippen molar-refractivity contribution in [2.45, 2.75) is 8.02 Å². The van der Waals surface area contributed by atoms with Gasteiger partial charge in [0, 0.05) is 4.90 Å². The quantitative estimate of drug-likeness (QED) is 0.486. The maximum absolute atomic E-state index is 10.5. The number of benzene rings is 1. The Hall–Kier alpha value is -0.420. The number of nitrogens with zero attached hydrogens (tertiary/aromatic N) is 1. The van der Waals surface area contributed by atoms with Gasteiger partial charge in [-0.1, -0.05) is 46.6 Å². The van der Waals surface area contributed by atoms with E-state index in [4.69, 9.17) is 34.8 Å². The Bertz CT molecular complexity index is 369. The lowest BCUT2D eigenvalue weighted by atomic mass is 10.3. The summed E-state index contributed by atoms with van der Waals surface area (Å²) in [6.07, 6.45) is 0.841. The maximum Gasteiger partial charge on any atom is 0.241 e. The molecule has 0 N–H and O–H groups in total. The number of imide groups is 1. The van der Waals surface area contributed by atoms with E-state index in [1.54, 1.807) is 24.3 Å². The number of anilines is 1. The molecule has 0 aliphatic heterocycles. The van der Waals surface area contributed by atoms with Crippen LogP contribution in [0.3, 0.4) is 0 Å². The summed E-state index contributed by atoms with van der Waals surface area (Å²) in [5.74, 6) is 0. The van der Waals surface area contributed by atoms with Crippen molar-refractivity contribution in [3.63, 3.8) is 0 Å². The molecule has 0 aliphatic rings. The standard InChI is InChI=1S/C9H6Cl3NO2S/c10-9(11,12)16-8-3-1-7(2-4-8)13(5-14)6-15/h1-6H. The van der Waals surface area contributed by atoms with Crippen LogP contribution in [-0.4, -0.2) is 15.9 Å². The van der Waals surface area contributed by atoms with Crippen LogP contribution in [0.4, 0.5) is 5.69 Å². The number of thioether (sulfide) groups is 1. The first-order valence-electron chi connectivity index (χ1n) is 4.01. The fraction of sp³-hybridized carbons (Fsp3) is 0.111. The number of rotatable bonds is 4. The number of alkyl halides is 3. The number of carbonyl (C=O) groups excluding carboxylic acids is 2. The average molecular weight is 299 g/mol. The predicted octanol–water partition coefficient (Wildman–Crippen LogP) is 3.23. The summed E-state index contributed by atoms with van der Waals surface area (Å²) in [7, 11) is 0. The van der Waals surface area contributed by atoms with Gasteiger partial charge in [0.2, 0.25) is 15.9 Å². The van der Waals surface area contributed by atoms with Crippen LogP contribution in [0.1, 0.15) is 0 Å². The zero-order chi connectivity index (χ0) is 12.2. The van der Waals surface area contributed by atoms with Crippen LogP contribution in [0.25, 0.3) is 0 Å². The monoisotopic (exact) mass is 297 g/mol. The Labute approximate surface area is 112 Å². The van der Waals surface area contributed by atoms with Crippen molar-refractivity contribution in [2.75, 3.05) is 4.90 Å². The zero-order valence-corrected chi connectivity index (χ0v) is 10.9. The second-order valence-electron chi connectivity index (χ2n) is 2.66. The predicted molar refractivity (Wildman–Crippen MR) is 67.2 cm³/mol. The minimum absolute atomic E-state index is 0.421. The molecule has 0 atom stereocenters. The van der Waals surface area contributed by atoms with Crippen LogP contribution in [0, 0.1) is 0 Å². The van der Waals surface area contributed by atoms with Gasteiger partial charge in [0.15, 0.2) is 0 Å². The number of carbonyl (C=O) groups is 2. The molecule has 0 radical (unpaired) electrons. The molecule has 1 aromatic carbocycles. The van der Waals surface area contributed by atoms with Gasteiger partial charge < -0.3 is 0 Å². The van der Waals surface area contributed by atoms with Gasteiger partial charge in [0.05, 0.1) is 5.69 Å². The molecule has 3 nitrogen and oxygen atoms in total. The molecule has 2 amide bonds. The Morgan fingerprint density at radius 2 is 1.56 bits per heavy atom. The summed E-state index contributed by atoms with van der Waals surface area (Å²) in [5.41, 5.74) is 0.457. The second-order valence-corrected chi connectivity index (χ2v) is 6.90. The summed E-state index contributed by atoms with van der Waals surface area (Å²) in [5, 5.41) is 0. The molecule has 0 unspecified atom stereocenters. The van der Waals surface area contributed by atoms with E-state index in [2.05, 4.69) is 0 Å². The lowest BCUT2D eigenvalue weighted by Gasteiger charge is -2.12. The van der Waals surface area contributed by atoms with Gasteiger partial charge in [0.1, 0.15) is 0 Å². The summed E-state index contributed by atoms with van der Waals surface area (Å²) in [6, 6.07) is 6.48. The fourth-order valence-electron chi connectivity index (χ4n) is 0.967. The molecule has 0 aromatic heterocycles. The molecular formula is C9H6Cl3NO2S. The van der Waals surface area contributed by atoms with Gasteiger partial charge in [-0.15, -0.1) is 0 Å². The van der Waals surface area contributed by atoms with Crippen molar-refractivity contribution < 1.29 is 9.59 Å². The lowest BCUT2D eigenvalue weighted by Crippen LogP contribution is -2.17. The van der Waals surface area contributed by atoms with E-state index in [0.29, 0.717) is 18.5 Å². The first kappa shape index (κ1) is 13.6. The van der Waals surface area contributed by atoms with Gasteiger partial charge in [-0.25, -0.2) is 0 Å². The van der Waals surface area contributed by atoms with Crippen molar-refractivity contribution in [3.05, 3.63) is 24.3 Å². The molecule has 86 valence electrons. The largest absolute Gasteiger partial charge is 0.278 e. The summed E-state index contributed by atoms with van der Waals surface area (Å²) in [6.45, 7) is 0. The number of hydrogen-bond acceptors (Lipinski definition) is 3. The first-order valence-corrected chi connectivity index (χ1v) is 5.96. The highest BCUT2D eigenvalue weighted by Crippen LogP contribution is 2.43. The third kappa shape index (κ3) is 4.22. The van der Waals surface area contributed by atoms with E-state index in [9.17, 15) is 9.59 Å². The van der Waals surface area contributed by atoms with Crippen molar-refractivity contribution in [1.29, 1.82) is 0 Å². The van der Waals surface area contributed by atoms with Crippen LogP contribution in [0.5, 0.6) is 0 Å². The highest BCUT2D eigenvalue weighted by atomic mass is 35.6. The van der Waals surface area contributed by atoms with E-state index in [1.807, 2.05) is 0 Å². The Morgan fingerprint density at radius 1 is 1.06 bits per heavy atom. The SMILES string of the molecule is O=CN(C=O)c1ccc(SC(Cl)(Cl)Cl)cc1. The third-order valence-electron chi connectivity index (χ3n) is 1.60. The Morgan fingerprint density at radius 3 is 1.94 bits per heavy atom. The molecule has 1 aromatic rings. The second kappa shape index (κ2) is 5.77. The number of amides is 2. The minimum atomic E-state index is -1.43. The summed E-state index contributed by atoms with van der Waals surface area (Å²) in [4.78, 5) is 22.6. The van der Waals surface area contributed by atoms with Crippen LogP contribution >= 0.6 is 46.6 Å². The molecule has 16 heavy (non-hydrogen) atoms. The van der Waals surface area contributed by atoms with Crippen molar-refractivity contribution in [1.82, 2.24) is 0 Å². The molecule has 0 saturated carbocycles. The third-order valence-corrected chi connectivity index (χ3v) is 3.03. The average Bonchev–Trinajstić information content (AvgIpc) is 2.20. The topological polar surface area (TPSA) is 37.4 Å². The van der Waals surface area contributed by atoms with Crippen molar-refractivity contribution >= 4 is 65.1 Å². The zero-order valence-electron chi connectivity index (χ0n) is 7.77. The molecule has 0 bridgehead atoms. The summed E-state index contributed by atoms with van der Waals surface area (Å²) >= 11 is 17.8. The van der Waals surface area contributed by atoms with Crippen LogP contribution in [0.2, 0.25) is 0 Å². The maximum atomic E-state index is 10.5. The van der Waals surface area contributed by atoms with Gasteiger partial charge in [0.25, 0.3) is 0 Å². The van der Waals surface area contributed by atoms with Gasteiger partial charge in [-0.3, -0.25) is 14.5 Å². The lowest BCUT2D eigenvalue weighted by molar-refractivity contribution is -0.113. The van der Waals surface area contributed by atoms with Gasteiger partial charge >= 0.3 is 0 Å². The number of halogens is 3. The van der Waals surface area contributed by atoms with Crippen molar-refractivity contribution in [2.24, 2.45) is 0 Å². The smallest absolute Gasteiger partial charge is 0.241 e. The van der Waals surface area contributed by atoms with E-state index >= 15 is 0 Å². The molecular weight excluding hydrogens is 293 g/mol. The Balaban J connectivity index is 2.82. The van der Waals surface area contributed by atoms with Crippen LogP contribution in [-0.2, 0) is 9.59 Å². The van der Waals surface area contributed by atoms with E-state index in [-0.39, 0.29) is 0 Å². The van der Waals surface area contributed by atoms with E-state index in [0.717, 1.165) is 21.6 Å². The molecule has 0 aliphatic carbocycles.